The van der Waals surface area contributed by atoms with Crippen LogP contribution >= 0.6 is 0 Å². The molecule has 0 bridgehead atoms. The first-order valence-corrected chi connectivity index (χ1v) is 6.38. The maximum atomic E-state index is 12.2. The zero-order valence-electron chi connectivity index (χ0n) is 11.5. The van der Waals surface area contributed by atoms with E-state index < -0.39 is 11.2 Å². The zero-order valence-corrected chi connectivity index (χ0v) is 11.5. The minimum atomic E-state index is -0.616. The van der Waals surface area contributed by atoms with Crippen LogP contribution in [-0.2, 0) is 13.6 Å². The van der Waals surface area contributed by atoms with Crippen LogP contribution in [0.1, 0.15) is 6.92 Å². The number of aryl methyl sites for hydroxylation is 1. The third kappa shape index (κ3) is 2.10. The third-order valence-electron chi connectivity index (χ3n) is 3.12. The second-order valence-corrected chi connectivity index (χ2v) is 4.42. The fourth-order valence-electron chi connectivity index (χ4n) is 1.97. The van der Waals surface area contributed by atoms with Crippen molar-refractivity contribution in [3.05, 3.63) is 45.4 Å². The number of hydrogen-bond acceptors (Lipinski definition) is 6. The first-order chi connectivity index (χ1) is 10.1. The van der Waals surface area contributed by atoms with Gasteiger partial charge in [-0.25, -0.2) is 14.5 Å². The summed E-state index contributed by atoms with van der Waals surface area (Å²) in [6.45, 7) is 2.32. The number of fused-ring (bicyclic) bond motifs is 1. The fraction of sp³-hybridized carbons (Fsp3) is 0.231. The topological polar surface area (TPSA) is 95.6 Å². The Morgan fingerprint density at radius 1 is 1.14 bits per heavy atom. The number of pyridine rings is 1. The highest BCUT2D eigenvalue weighted by atomic mass is 16.2. The Labute approximate surface area is 119 Å². The van der Waals surface area contributed by atoms with Gasteiger partial charge in [0.25, 0.3) is 5.56 Å². The van der Waals surface area contributed by atoms with Crippen LogP contribution in [0.4, 0.5) is 0 Å². The molecule has 21 heavy (non-hydrogen) atoms. The molecule has 0 aromatic carbocycles. The monoisotopic (exact) mass is 284 g/mol. The van der Waals surface area contributed by atoms with E-state index in [2.05, 4.69) is 20.1 Å². The molecule has 0 N–H and O–H groups in total. The number of nitrogens with zero attached hydrogens (tertiary/aromatic N) is 6. The number of hydrogen-bond donors (Lipinski definition) is 0. The summed E-state index contributed by atoms with van der Waals surface area (Å²) < 4.78 is 2.44. The first kappa shape index (κ1) is 13.1. The number of rotatable bonds is 2. The predicted octanol–water partition coefficient (Wildman–Crippen LogP) is -0.0813. The van der Waals surface area contributed by atoms with E-state index in [1.54, 1.807) is 24.5 Å². The molecular weight excluding hydrogens is 272 g/mol. The van der Waals surface area contributed by atoms with Crippen LogP contribution in [0.5, 0.6) is 0 Å². The van der Waals surface area contributed by atoms with Crippen LogP contribution in [0.2, 0.25) is 0 Å². The highest BCUT2D eigenvalue weighted by Gasteiger charge is 2.20. The SMILES string of the molecule is CCn1nc(-c2ccncc2)nc2c(=O)n(C)c(=O)nc1-2. The van der Waals surface area contributed by atoms with Crippen LogP contribution < -0.4 is 11.2 Å². The highest BCUT2D eigenvalue weighted by molar-refractivity contribution is 5.58. The molecule has 0 aliphatic carbocycles. The lowest BCUT2D eigenvalue weighted by atomic mass is 10.2. The molecule has 0 amide bonds. The Kier molecular flexibility index (Phi) is 3.05. The van der Waals surface area contributed by atoms with E-state index in [4.69, 9.17) is 0 Å². The average Bonchev–Trinajstić information content (AvgIpc) is 2.53. The lowest BCUT2D eigenvalue weighted by Gasteiger charge is -2.12. The summed E-state index contributed by atoms with van der Waals surface area (Å²) in [5, 5.41) is 4.33. The van der Waals surface area contributed by atoms with E-state index in [-0.39, 0.29) is 11.5 Å². The Morgan fingerprint density at radius 2 is 1.86 bits per heavy atom. The Bertz CT molecular complexity index is 884. The standard InChI is InChI=1S/C13H12N6O2/c1-3-19-11-9(12(20)18(2)13(21)16-11)15-10(17-19)8-4-6-14-7-5-8/h4-7H,3H2,1-2H3. The zero-order chi connectivity index (χ0) is 15.0. The van der Waals surface area contributed by atoms with Gasteiger partial charge in [-0.2, -0.15) is 10.1 Å². The molecule has 8 nitrogen and oxygen atoms in total. The summed E-state index contributed by atoms with van der Waals surface area (Å²) in [7, 11) is 1.38. The van der Waals surface area contributed by atoms with Crippen LogP contribution in [0.3, 0.4) is 0 Å². The summed E-state index contributed by atoms with van der Waals surface area (Å²) in [6.07, 6.45) is 3.24. The van der Waals surface area contributed by atoms with Crippen LogP contribution in [0.25, 0.3) is 22.9 Å². The lowest BCUT2D eigenvalue weighted by Crippen LogP contribution is -2.37. The summed E-state index contributed by atoms with van der Waals surface area (Å²) in [5.41, 5.74) is -0.233. The van der Waals surface area contributed by atoms with Gasteiger partial charge in [0.05, 0.1) is 0 Å². The molecule has 0 fully saturated rings. The minimum Gasteiger partial charge on any atom is -0.267 e. The van der Waals surface area contributed by atoms with Gasteiger partial charge in [0.1, 0.15) is 0 Å². The summed E-state index contributed by atoms with van der Waals surface area (Å²) in [6, 6.07) is 3.50. The quantitative estimate of drug-likeness (QED) is 0.653. The second kappa shape index (κ2) is 4.89. The molecule has 2 aliphatic heterocycles. The Morgan fingerprint density at radius 3 is 2.52 bits per heavy atom. The van der Waals surface area contributed by atoms with E-state index in [0.29, 0.717) is 12.4 Å². The van der Waals surface area contributed by atoms with Crippen molar-refractivity contribution in [2.45, 2.75) is 13.5 Å². The molecule has 0 spiro atoms. The van der Waals surface area contributed by atoms with Gasteiger partial charge < -0.3 is 0 Å². The highest BCUT2D eigenvalue weighted by Crippen LogP contribution is 2.17. The van der Waals surface area contributed by atoms with E-state index >= 15 is 0 Å². The van der Waals surface area contributed by atoms with Gasteiger partial charge in [-0.3, -0.25) is 14.3 Å². The van der Waals surface area contributed by atoms with Crippen molar-refractivity contribution in [3.8, 4) is 22.9 Å². The first-order valence-electron chi connectivity index (χ1n) is 6.38. The van der Waals surface area contributed by atoms with Gasteiger partial charge in [0, 0.05) is 31.5 Å². The summed E-state index contributed by atoms with van der Waals surface area (Å²) >= 11 is 0. The van der Waals surface area contributed by atoms with Crippen molar-refractivity contribution in [2.24, 2.45) is 7.05 Å². The summed E-state index contributed by atoms with van der Waals surface area (Å²) in [4.78, 5) is 35.9. The maximum Gasteiger partial charge on any atom is 0.352 e. The van der Waals surface area contributed by atoms with Crippen LogP contribution in [0, 0.1) is 0 Å². The average molecular weight is 284 g/mol. The van der Waals surface area contributed by atoms with E-state index in [9.17, 15) is 9.59 Å². The Balaban J connectivity index is 2.39. The molecule has 8 heteroatoms. The molecule has 0 unspecified atom stereocenters. The van der Waals surface area contributed by atoms with Crippen molar-refractivity contribution < 1.29 is 0 Å². The minimum absolute atomic E-state index is 0.126. The molecule has 0 saturated carbocycles. The smallest absolute Gasteiger partial charge is 0.267 e. The van der Waals surface area contributed by atoms with Crippen molar-refractivity contribution in [1.29, 1.82) is 0 Å². The molecule has 0 saturated heterocycles. The molecule has 3 rings (SSSR count). The van der Waals surface area contributed by atoms with Crippen LogP contribution in [-0.4, -0.2) is 29.3 Å². The third-order valence-corrected chi connectivity index (χ3v) is 3.12. The van der Waals surface area contributed by atoms with Crippen molar-refractivity contribution in [3.63, 3.8) is 0 Å². The maximum absolute atomic E-state index is 12.2. The predicted molar refractivity (Wildman–Crippen MR) is 74.9 cm³/mol. The molecule has 2 aliphatic rings. The summed E-state index contributed by atoms with van der Waals surface area (Å²) in [5.74, 6) is 0.590. The molecule has 1 aromatic heterocycles. The molecule has 106 valence electrons. The Hall–Kier alpha value is -2.90. The van der Waals surface area contributed by atoms with E-state index in [1.165, 1.54) is 11.7 Å². The molecule has 0 radical (unpaired) electrons. The van der Waals surface area contributed by atoms with Gasteiger partial charge in [-0.05, 0) is 19.1 Å². The molecule has 0 atom stereocenters. The van der Waals surface area contributed by atoms with E-state index in [1.807, 2.05) is 6.92 Å². The van der Waals surface area contributed by atoms with Crippen molar-refractivity contribution in [1.82, 2.24) is 29.3 Å². The van der Waals surface area contributed by atoms with Crippen molar-refractivity contribution in [2.75, 3.05) is 0 Å². The van der Waals surface area contributed by atoms with Gasteiger partial charge in [-0.1, -0.05) is 0 Å². The largest absolute Gasteiger partial charge is 0.352 e. The van der Waals surface area contributed by atoms with Gasteiger partial charge >= 0.3 is 5.69 Å². The fourth-order valence-corrected chi connectivity index (χ4v) is 1.97. The number of aromatic nitrogens is 6. The second-order valence-electron chi connectivity index (χ2n) is 4.42. The van der Waals surface area contributed by atoms with Crippen molar-refractivity contribution >= 4 is 0 Å². The lowest BCUT2D eigenvalue weighted by molar-refractivity contribution is 0.612. The van der Waals surface area contributed by atoms with Gasteiger partial charge in [0.15, 0.2) is 17.3 Å². The molecule has 1 aromatic rings. The van der Waals surface area contributed by atoms with Gasteiger partial charge in [0.2, 0.25) is 0 Å². The van der Waals surface area contributed by atoms with Gasteiger partial charge in [-0.15, -0.1) is 0 Å². The molecular formula is C13H12N6O2. The van der Waals surface area contributed by atoms with Crippen LogP contribution in [0.15, 0.2) is 34.1 Å². The molecule has 3 heterocycles. The normalized spacial score (nSPS) is 11.0. The van der Waals surface area contributed by atoms with E-state index in [0.717, 1.165) is 10.1 Å².